The van der Waals surface area contributed by atoms with Crippen molar-refractivity contribution < 1.29 is 22.7 Å². The molecule has 3 N–H and O–H groups in total. The molecule has 1 aromatic heterocycles. The van der Waals surface area contributed by atoms with Gasteiger partial charge in [-0.15, -0.1) is 0 Å². The van der Waals surface area contributed by atoms with Crippen LogP contribution in [0.5, 0.6) is 11.5 Å². The number of fused-ring (bicyclic) bond motifs is 1. The summed E-state index contributed by atoms with van der Waals surface area (Å²) in [6.07, 6.45) is 1.73. The second-order valence-electron chi connectivity index (χ2n) is 8.10. The van der Waals surface area contributed by atoms with Gasteiger partial charge in [0.25, 0.3) is 0 Å². The van der Waals surface area contributed by atoms with E-state index < -0.39 is 23.5 Å². The number of aromatic nitrogens is 2. The van der Waals surface area contributed by atoms with Gasteiger partial charge in [0.2, 0.25) is 0 Å². The minimum absolute atomic E-state index is 0.0685. The number of halogens is 3. The number of urea groups is 1. The summed E-state index contributed by atoms with van der Waals surface area (Å²) in [7, 11) is 0. The Morgan fingerprint density at radius 1 is 0.889 bits per heavy atom. The molecule has 2 amide bonds. The van der Waals surface area contributed by atoms with Gasteiger partial charge in [-0.1, -0.05) is 0 Å². The Morgan fingerprint density at radius 3 is 2.42 bits per heavy atom. The molecule has 0 atom stereocenters. The number of rotatable bonds is 5. The van der Waals surface area contributed by atoms with Gasteiger partial charge in [-0.25, -0.2) is 22.9 Å². The predicted octanol–water partition coefficient (Wildman–Crippen LogP) is 4.89. The molecule has 0 saturated carbocycles. The molecule has 3 aromatic carbocycles. The van der Waals surface area contributed by atoms with Gasteiger partial charge >= 0.3 is 6.03 Å². The lowest BCUT2D eigenvalue weighted by Crippen LogP contribution is -2.43. The molecule has 1 aliphatic rings. The molecule has 2 heterocycles. The number of carbonyl (C=O) groups is 1. The van der Waals surface area contributed by atoms with Crippen molar-refractivity contribution >= 4 is 34.3 Å². The quantitative estimate of drug-likeness (QED) is 0.366. The van der Waals surface area contributed by atoms with Crippen molar-refractivity contribution in [2.24, 2.45) is 0 Å². The van der Waals surface area contributed by atoms with Crippen molar-refractivity contribution in [1.82, 2.24) is 15.3 Å². The predicted molar refractivity (Wildman–Crippen MR) is 130 cm³/mol. The van der Waals surface area contributed by atoms with E-state index in [1.807, 2.05) is 0 Å². The van der Waals surface area contributed by atoms with Gasteiger partial charge in [0.15, 0.2) is 11.6 Å². The average Bonchev–Trinajstić information content (AvgIpc) is 2.85. The van der Waals surface area contributed by atoms with E-state index in [4.69, 9.17) is 4.74 Å². The Labute approximate surface area is 204 Å². The highest BCUT2D eigenvalue weighted by atomic mass is 19.1. The van der Waals surface area contributed by atoms with Crippen molar-refractivity contribution in [3.63, 3.8) is 0 Å². The van der Waals surface area contributed by atoms with Crippen LogP contribution in [-0.2, 0) is 0 Å². The van der Waals surface area contributed by atoms with Crippen LogP contribution in [0.4, 0.5) is 35.2 Å². The Balaban J connectivity index is 1.31. The first-order valence-corrected chi connectivity index (χ1v) is 11.2. The zero-order valence-electron chi connectivity index (χ0n) is 18.9. The number of nitrogens with zero attached hydrogens (tertiary/aromatic N) is 3. The van der Waals surface area contributed by atoms with Gasteiger partial charge in [-0.2, -0.15) is 0 Å². The number of hydrogen-bond donors (Lipinski definition) is 3. The summed E-state index contributed by atoms with van der Waals surface area (Å²) < 4.78 is 46.9. The van der Waals surface area contributed by atoms with E-state index in [-0.39, 0.29) is 17.1 Å². The molecule has 4 aromatic rings. The maximum Gasteiger partial charge on any atom is 0.323 e. The van der Waals surface area contributed by atoms with E-state index in [0.29, 0.717) is 22.8 Å². The number of amides is 2. The molecule has 1 aliphatic heterocycles. The molecule has 0 aliphatic carbocycles. The molecule has 5 rings (SSSR count). The summed E-state index contributed by atoms with van der Waals surface area (Å²) >= 11 is 0. The van der Waals surface area contributed by atoms with Crippen LogP contribution in [0.2, 0.25) is 0 Å². The molecule has 0 unspecified atom stereocenters. The number of benzene rings is 3. The van der Waals surface area contributed by atoms with E-state index in [1.165, 1.54) is 12.1 Å². The molecule has 1 saturated heterocycles. The van der Waals surface area contributed by atoms with E-state index in [0.717, 1.165) is 50.2 Å². The monoisotopic (exact) mass is 494 g/mol. The van der Waals surface area contributed by atoms with Gasteiger partial charge in [-0.3, -0.25) is 4.98 Å². The maximum atomic E-state index is 14.5. The van der Waals surface area contributed by atoms with Crippen LogP contribution in [0.3, 0.4) is 0 Å². The lowest BCUT2D eigenvalue weighted by molar-refractivity contribution is 0.262. The molecule has 0 bridgehead atoms. The SMILES string of the molecule is O=C(Nc1cc(F)cc(F)c1)Nc1ccc(F)c(Oc2ccc3ncc(N4CCNCC4)nc3c2)c1. The van der Waals surface area contributed by atoms with Crippen LogP contribution in [0.1, 0.15) is 0 Å². The third-order valence-corrected chi connectivity index (χ3v) is 5.48. The third-order valence-electron chi connectivity index (χ3n) is 5.48. The molecule has 11 heteroatoms. The van der Waals surface area contributed by atoms with Crippen molar-refractivity contribution in [3.05, 3.63) is 78.2 Å². The second-order valence-corrected chi connectivity index (χ2v) is 8.10. The van der Waals surface area contributed by atoms with Crippen molar-refractivity contribution in [1.29, 1.82) is 0 Å². The lowest BCUT2D eigenvalue weighted by atomic mass is 10.2. The smallest absolute Gasteiger partial charge is 0.323 e. The molecule has 184 valence electrons. The van der Waals surface area contributed by atoms with Crippen molar-refractivity contribution in [3.8, 4) is 11.5 Å². The van der Waals surface area contributed by atoms with Crippen LogP contribution in [0.25, 0.3) is 11.0 Å². The second kappa shape index (κ2) is 10.1. The minimum atomic E-state index is -0.831. The highest BCUT2D eigenvalue weighted by Crippen LogP contribution is 2.29. The number of piperazine rings is 1. The Hall–Kier alpha value is -4.38. The largest absolute Gasteiger partial charge is 0.454 e. The molecule has 36 heavy (non-hydrogen) atoms. The fraction of sp³-hybridized carbons (Fsp3) is 0.160. The van der Waals surface area contributed by atoms with Crippen LogP contribution >= 0.6 is 0 Å². The van der Waals surface area contributed by atoms with Crippen LogP contribution in [0, 0.1) is 17.5 Å². The Kier molecular flexibility index (Phi) is 6.54. The number of carbonyl (C=O) groups excluding carboxylic acids is 1. The molecule has 8 nitrogen and oxygen atoms in total. The van der Waals surface area contributed by atoms with E-state index in [1.54, 1.807) is 24.4 Å². The fourth-order valence-corrected chi connectivity index (χ4v) is 3.80. The summed E-state index contributed by atoms with van der Waals surface area (Å²) in [5.41, 5.74) is 1.41. The normalized spacial score (nSPS) is 13.5. The summed E-state index contributed by atoms with van der Waals surface area (Å²) in [5, 5.41) is 8.09. The Bertz CT molecular complexity index is 1410. The van der Waals surface area contributed by atoms with Gasteiger partial charge in [0, 0.05) is 55.8 Å². The molecular weight excluding hydrogens is 473 g/mol. The topological polar surface area (TPSA) is 91.4 Å². The highest BCUT2D eigenvalue weighted by Gasteiger charge is 2.14. The van der Waals surface area contributed by atoms with Crippen molar-refractivity contribution in [2.45, 2.75) is 0 Å². The maximum absolute atomic E-state index is 14.5. The van der Waals surface area contributed by atoms with E-state index >= 15 is 0 Å². The van der Waals surface area contributed by atoms with Crippen LogP contribution < -0.4 is 25.6 Å². The number of hydrogen-bond acceptors (Lipinski definition) is 6. The minimum Gasteiger partial charge on any atom is -0.454 e. The summed E-state index contributed by atoms with van der Waals surface area (Å²) in [5.74, 6) is -1.34. The van der Waals surface area contributed by atoms with Crippen molar-refractivity contribution in [2.75, 3.05) is 41.7 Å². The first kappa shape index (κ1) is 23.4. The van der Waals surface area contributed by atoms with Gasteiger partial charge < -0.3 is 25.6 Å². The molecular formula is C25H21F3N6O2. The first-order valence-electron chi connectivity index (χ1n) is 11.2. The van der Waals surface area contributed by atoms with Gasteiger partial charge in [0.1, 0.15) is 23.2 Å². The number of nitrogens with one attached hydrogen (secondary N) is 3. The summed E-state index contributed by atoms with van der Waals surface area (Å²) in [4.78, 5) is 23.5. The number of ether oxygens (including phenoxy) is 1. The van der Waals surface area contributed by atoms with Gasteiger partial charge in [0.05, 0.1) is 17.2 Å². The number of anilines is 3. The van der Waals surface area contributed by atoms with Gasteiger partial charge in [-0.05, 0) is 36.4 Å². The van der Waals surface area contributed by atoms with Crippen LogP contribution in [0.15, 0.2) is 60.8 Å². The Morgan fingerprint density at radius 2 is 1.64 bits per heavy atom. The lowest BCUT2D eigenvalue weighted by Gasteiger charge is -2.28. The zero-order chi connectivity index (χ0) is 25.1. The first-order chi connectivity index (χ1) is 17.4. The molecule has 0 radical (unpaired) electrons. The average molecular weight is 494 g/mol. The van der Waals surface area contributed by atoms with E-state index in [9.17, 15) is 18.0 Å². The molecule has 1 fully saturated rings. The summed E-state index contributed by atoms with van der Waals surface area (Å²) in [6, 6.07) is 10.7. The zero-order valence-corrected chi connectivity index (χ0v) is 18.9. The molecule has 0 spiro atoms. The van der Waals surface area contributed by atoms with E-state index in [2.05, 4.69) is 30.8 Å². The third kappa shape index (κ3) is 5.47. The van der Waals surface area contributed by atoms with Crippen LogP contribution in [-0.4, -0.2) is 42.2 Å². The standard InChI is InChI=1S/C25H21F3N6O2/c26-15-9-16(27)11-18(10-15)32-25(35)31-17-1-3-20(28)23(12-17)36-19-2-4-21-22(13-19)33-24(14-30-21)34-7-5-29-6-8-34/h1-4,9-14,29H,5-8H2,(H2,31,32,35). The fourth-order valence-electron chi connectivity index (χ4n) is 3.80. The summed E-state index contributed by atoms with van der Waals surface area (Å²) in [6.45, 7) is 3.37. The highest BCUT2D eigenvalue weighted by molar-refractivity contribution is 5.99.